The Bertz CT molecular complexity index is 734. The van der Waals surface area contributed by atoms with Crippen LogP contribution < -0.4 is 4.72 Å². The molecule has 0 unspecified atom stereocenters. The van der Waals surface area contributed by atoms with Gasteiger partial charge < -0.3 is 5.11 Å². The zero-order chi connectivity index (χ0) is 14.8. The van der Waals surface area contributed by atoms with Crippen molar-refractivity contribution in [3.8, 4) is 0 Å². The molecule has 0 aliphatic carbocycles. The van der Waals surface area contributed by atoms with Crippen molar-refractivity contribution in [2.45, 2.75) is 11.5 Å². The fourth-order valence-electron chi connectivity index (χ4n) is 1.59. The van der Waals surface area contributed by atoms with Gasteiger partial charge in [-0.1, -0.05) is 23.7 Å². The first-order valence-corrected chi connectivity index (χ1v) is 8.25. The maximum atomic E-state index is 12.2. The summed E-state index contributed by atoms with van der Waals surface area (Å²) < 4.78 is 27.4. The predicted octanol–water partition coefficient (Wildman–Crippen LogP) is 3.40. The van der Waals surface area contributed by atoms with Crippen LogP contribution in [0.2, 0.25) is 5.02 Å². The Kier molecular flexibility index (Phi) is 4.70. The van der Waals surface area contributed by atoms with E-state index in [0.717, 1.165) is 0 Å². The fraction of sp³-hybridized carbons (Fsp3) is 0.0769. The van der Waals surface area contributed by atoms with Crippen molar-refractivity contribution in [1.82, 2.24) is 0 Å². The largest absolute Gasteiger partial charge is 0.392 e. The van der Waals surface area contributed by atoms with Crippen LogP contribution in [-0.2, 0) is 16.6 Å². The van der Waals surface area contributed by atoms with E-state index in [1.807, 2.05) is 0 Å². The highest BCUT2D eigenvalue weighted by atomic mass is 79.9. The van der Waals surface area contributed by atoms with Gasteiger partial charge in [0.05, 0.1) is 16.5 Å². The molecule has 0 heterocycles. The highest BCUT2D eigenvalue weighted by Gasteiger charge is 2.15. The summed E-state index contributed by atoms with van der Waals surface area (Å²) in [6, 6.07) is 10.9. The van der Waals surface area contributed by atoms with E-state index in [4.69, 9.17) is 16.7 Å². The van der Waals surface area contributed by atoms with Gasteiger partial charge in [-0.2, -0.15) is 0 Å². The van der Waals surface area contributed by atoms with Crippen LogP contribution in [0.5, 0.6) is 0 Å². The van der Waals surface area contributed by atoms with Crippen LogP contribution in [0.25, 0.3) is 0 Å². The first kappa shape index (κ1) is 15.3. The molecule has 2 aromatic rings. The number of rotatable bonds is 4. The van der Waals surface area contributed by atoms with Crippen molar-refractivity contribution in [1.29, 1.82) is 0 Å². The molecule has 2 rings (SSSR count). The third-order valence-corrected chi connectivity index (χ3v) is 5.16. The Morgan fingerprint density at radius 2 is 1.95 bits per heavy atom. The number of aliphatic hydroxyl groups is 1. The van der Waals surface area contributed by atoms with Crippen LogP contribution in [0.3, 0.4) is 0 Å². The summed E-state index contributed by atoms with van der Waals surface area (Å²) >= 11 is 9.03. The van der Waals surface area contributed by atoms with Crippen molar-refractivity contribution < 1.29 is 13.5 Å². The molecule has 0 aliphatic heterocycles. The van der Waals surface area contributed by atoms with Gasteiger partial charge in [0.25, 0.3) is 10.0 Å². The average molecular weight is 377 g/mol. The van der Waals surface area contributed by atoms with Crippen LogP contribution in [-0.4, -0.2) is 13.5 Å². The maximum absolute atomic E-state index is 12.2. The monoisotopic (exact) mass is 375 g/mol. The van der Waals surface area contributed by atoms with Gasteiger partial charge in [0.1, 0.15) is 0 Å². The second-order valence-corrected chi connectivity index (χ2v) is 6.98. The third kappa shape index (κ3) is 3.52. The van der Waals surface area contributed by atoms with Crippen LogP contribution in [0.1, 0.15) is 5.56 Å². The van der Waals surface area contributed by atoms with Gasteiger partial charge in [-0.3, -0.25) is 4.72 Å². The van der Waals surface area contributed by atoms with Gasteiger partial charge in [0, 0.05) is 10.2 Å². The summed E-state index contributed by atoms with van der Waals surface area (Å²) in [5.41, 5.74) is 1.02. The van der Waals surface area contributed by atoms with E-state index in [-0.39, 0.29) is 11.5 Å². The van der Waals surface area contributed by atoms with E-state index in [1.165, 1.54) is 18.2 Å². The Hall–Kier alpha value is -1.08. The van der Waals surface area contributed by atoms with E-state index < -0.39 is 10.0 Å². The molecule has 0 saturated carbocycles. The fourth-order valence-corrected chi connectivity index (χ4v) is 3.31. The molecule has 0 aliphatic rings. The summed E-state index contributed by atoms with van der Waals surface area (Å²) in [6.45, 7) is -0.151. The molecule has 0 fully saturated rings. The average Bonchev–Trinajstić information content (AvgIpc) is 2.41. The zero-order valence-corrected chi connectivity index (χ0v) is 13.3. The van der Waals surface area contributed by atoms with Crippen molar-refractivity contribution in [3.05, 3.63) is 57.5 Å². The van der Waals surface area contributed by atoms with Crippen LogP contribution in [0.15, 0.2) is 51.8 Å². The highest BCUT2D eigenvalue weighted by Crippen LogP contribution is 2.26. The second kappa shape index (κ2) is 6.13. The Balaban J connectivity index is 2.32. The van der Waals surface area contributed by atoms with Crippen LogP contribution in [0, 0.1) is 0 Å². The summed E-state index contributed by atoms with van der Waals surface area (Å²) in [5.74, 6) is 0. The van der Waals surface area contributed by atoms with Crippen LogP contribution in [0.4, 0.5) is 5.69 Å². The first-order valence-electron chi connectivity index (χ1n) is 5.60. The van der Waals surface area contributed by atoms with Gasteiger partial charge in [0.2, 0.25) is 0 Å². The topological polar surface area (TPSA) is 66.4 Å². The van der Waals surface area contributed by atoms with E-state index in [0.29, 0.717) is 20.7 Å². The molecule has 20 heavy (non-hydrogen) atoms. The zero-order valence-electron chi connectivity index (χ0n) is 10.2. The minimum absolute atomic E-state index is 0.100. The van der Waals surface area contributed by atoms with Crippen molar-refractivity contribution in [3.63, 3.8) is 0 Å². The SMILES string of the molecule is O=S(=O)(Nc1cccc(CO)c1)c1ccc(Cl)c(Br)c1. The molecule has 0 atom stereocenters. The van der Waals surface area contributed by atoms with Gasteiger partial charge in [0.15, 0.2) is 0 Å². The number of hydrogen-bond donors (Lipinski definition) is 2. The molecule has 0 spiro atoms. The smallest absolute Gasteiger partial charge is 0.261 e. The molecule has 4 nitrogen and oxygen atoms in total. The molecule has 106 valence electrons. The van der Waals surface area contributed by atoms with Crippen molar-refractivity contribution >= 4 is 43.2 Å². The molecule has 0 amide bonds. The van der Waals surface area contributed by atoms with Gasteiger partial charge in [-0.05, 0) is 51.8 Å². The minimum atomic E-state index is -3.70. The first-order chi connectivity index (χ1) is 9.42. The Labute approximate surface area is 130 Å². The molecule has 0 radical (unpaired) electrons. The summed E-state index contributed by atoms with van der Waals surface area (Å²) in [4.78, 5) is 0.100. The predicted molar refractivity (Wildman–Crippen MR) is 82.3 cm³/mol. The third-order valence-electron chi connectivity index (χ3n) is 2.56. The number of halogens is 2. The lowest BCUT2D eigenvalue weighted by Crippen LogP contribution is -2.13. The number of hydrogen-bond acceptors (Lipinski definition) is 3. The van der Waals surface area contributed by atoms with E-state index >= 15 is 0 Å². The summed E-state index contributed by atoms with van der Waals surface area (Å²) in [7, 11) is -3.70. The van der Waals surface area contributed by atoms with Gasteiger partial charge in [-0.15, -0.1) is 0 Å². The Morgan fingerprint density at radius 3 is 2.60 bits per heavy atom. The molecule has 2 aromatic carbocycles. The van der Waals surface area contributed by atoms with Crippen LogP contribution >= 0.6 is 27.5 Å². The lowest BCUT2D eigenvalue weighted by Gasteiger charge is -2.09. The second-order valence-electron chi connectivity index (χ2n) is 4.04. The maximum Gasteiger partial charge on any atom is 0.261 e. The van der Waals surface area contributed by atoms with Gasteiger partial charge >= 0.3 is 0 Å². The van der Waals surface area contributed by atoms with Gasteiger partial charge in [-0.25, -0.2) is 8.42 Å². The highest BCUT2D eigenvalue weighted by molar-refractivity contribution is 9.10. The lowest BCUT2D eigenvalue weighted by atomic mass is 10.2. The molecule has 0 saturated heterocycles. The molecule has 0 aromatic heterocycles. The molecular weight excluding hydrogens is 366 g/mol. The number of benzene rings is 2. The summed E-state index contributed by atoms with van der Waals surface area (Å²) in [6.07, 6.45) is 0. The Morgan fingerprint density at radius 1 is 1.20 bits per heavy atom. The van der Waals surface area contributed by atoms with Crippen molar-refractivity contribution in [2.75, 3.05) is 4.72 Å². The normalized spacial score (nSPS) is 11.3. The molecule has 7 heteroatoms. The molecule has 2 N–H and O–H groups in total. The summed E-state index contributed by atoms with van der Waals surface area (Å²) in [5, 5.41) is 9.48. The van der Waals surface area contributed by atoms with E-state index in [9.17, 15) is 8.42 Å². The molecular formula is C13H11BrClNO3S. The number of aliphatic hydroxyl groups excluding tert-OH is 1. The van der Waals surface area contributed by atoms with E-state index in [2.05, 4.69) is 20.7 Å². The number of nitrogens with one attached hydrogen (secondary N) is 1. The molecule has 0 bridgehead atoms. The minimum Gasteiger partial charge on any atom is -0.392 e. The number of anilines is 1. The lowest BCUT2D eigenvalue weighted by molar-refractivity contribution is 0.282. The van der Waals surface area contributed by atoms with E-state index in [1.54, 1.807) is 24.3 Å². The van der Waals surface area contributed by atoms with Crippen molar-refractivity contribution in [2.24, 2.45) is 0 Å². The quantitative estimate of drug-likeness (QED) is 0.859. The number of sulfonamides is 1. The standard InChI is InChI=1S/C13H11BrClNO3S/c14-12-7-11(4-5-13(12)15)20(18,19)16-10-3-1-2-9(6-10)8-17/h1-7,16-17H,8H2.